The lowest BCUT2D eigenvalue weighted by Gasteiger charge is -2.39. The fourth-order valence-electron chi connectivity index (χ4n) is 4.00. The minimum atomic E-state index is -0.733. The van der Waals surface area contributed by atoms with Crippen molar-refractivity contribution in [2.75, 3.05) is 13.7 Å². The molecule has 1 aromatic heterocycles. The van der Waals surface area contributed by atoms with Gasteiger partial charge in [-0.05, 0) is 54.6 Å². The van der Waals surface area contributed by atoms with Crippen LogP contribution in [0.15, 0.2) is 54.6 Å². The van der Waals surface area contributed by atoms with Crippen LogP contribution in [0, 0.1) is 0 Å². The third-order valence-electron chi connectivity index (χ3n) is 5.28. The van der Waals surface area contributed by atoms with Crippen molar-refractivity contribution in [1.82, 2.24) is 4.90 Å². The predicted octanol–water partition coefficient (Wildman–Crippen LogP) is 4.94. The van der Waals surface area contributed by atoms with E-state index in [1.165, 1.54) is 15.0 Å². The Morgan fingerprint density at radius 2 is 2.04 bits per heavy atom. The Bertz CT molecular complexity index is 918. The molecule has 2 unspecified atom stereocenters. The van der Waals surface area contributed by atoms with Crippen molar-refractivity contribution >= 4 is 27.4 Å². The van der Waals surface area contributed by atoms with Gasteiger partial charge in [-0.1, -0.05) is 36.8 Å². The Kier molecular flexibility index (Phi) is 5.14. The van der Waals surface area contributed by atoms with Crippen LogP contribution in [0.25, 0.3) is 10.1 Å². The zero-order valence-corrected chi connectivity index (χ0v) is 16.1. The first-order chi connectivity index (χ1) is 13.2. The molecule has 1 fully saturated rings. The third-order valence-corrected chi connectivity index (χ3v) is 6.45. The molecule has 0 spiro atoms. The van der Waals surface area contributed by atoms with Crippen LogP contribution in [0.1, 0.15) is 35.7 Å². The molecule has 5 heteroatoms. The SMILES string of the molecule is COc1cccc(C(c2cc3ccccc3s2)N2CCCCC2C(=O)O)c1. The summed E-state index contributed by atoms with van der Waals surface area (Å²) in [5.74, 6) is 0.0613. The van der Waals surface area contributed by atoms with Crippen molar-refractivity contribution in [1.29, 1.82) is 0 Å². The maximum Gasteiger partial charge on any atom is 0.320 e. The van der Waals surface area contributed by atoms with Crippen LogP contribution in [0.2, 0.25) is 0 Å². The number of hydrogen-bond donors (Lipinski definition) is 1. The van der Waals surface area contributed by atoms with E-state index in [1.54, 1.807) is 18.4 Å². The zero-order valence-electron chi connectivity index (χ0n) is 15.3. The van der Waals surface area contributed by atoms with Gasteiger partial charge >= 0.3 is 5.97 Å². The first kappa shape index (κ1) is 18.0. The molecular formula is C22H23NO3S. The third kappa shape index (κ3) is 3.57. The normalized spacial score (nSPS) is 19.1. The Morgan fingerprint density at radius 3 is 2.81 bits per heavy atom. The van der Waals surface area contributed by atoms with Gasteiger partial charge in [-0.15, -0.1) is 11.3 Å². The van der Waals surface area contributed by atoms with Crippen LogP contribution in [0.5, 0.6) is 5.75 Å². The fraction of sp³-hybridized carbons (Fsp3) is 0.318. The summed E-state index contributed by atoms with van der Waals surface area (Å²) in [4.78, 5) is 15.3. The number of carboxylic acids is 1. The maximum atomic E-state index is 12.0. The summed E-state index contributed by atoms with van der Waals surface area (Å²) < 4.78 is 6.66. The molecule has 1 aliphatic rings. The number of methoxy groups -OCH3 is 1. The van der Waals surface area contributed by atoms with Crippen LogP contribution in [0.3, 0.4) is 0 Å². The smallest absolute Gasteiger partial charge is 0.320 e. The lowest BCUT2D eigenvalue weighted by molar-refractivity contribution is -0.145. The van der Waals surface area contributed by atoms with Gasteiger partial charge < -0.3 is 9.84 Å². The molecule has 2 aromatic carbocycles. The number of benzene rings is 2. The first-order valence-corrected chi connectivity index (χ1v) is 10.1. The van der Waals surface area contributed by atoms with Crippen molar-refractivity contribution in [3.63, 3.8) is 0 Å². The standard InChI is InChI=1S/C22H23NO3S/c1-26-17-9-6-8-16(13-17)21(23-12-5-4-10-18(23)22(24)25)20-14-15-7-2-3-11-19(15)27-20/h2-3,6-9,11,13-14,18,21H,4-5,10,12H2,1H3,(H,24,25). The maximum absolute atomic E-state index is 12.0. The molecule has 4 rings (SSSR count). The molecule has 27 heavy (non-hydrogen) atoms. The highest BCUT2D eigenvalue weighted by atomic mass is 32.1. The lowest BCUT2D eigenvalue weighted by atomic mass is 9.95. The molecule has 0 amide bonds. The molecule has 4 nitrogen and oxygen atoms in total. The second-order valence-electron chi connectivity index (χ2n) is 6.95. The number of carboxylic acid groups (broad SMARTS) is 1. The molecule has 2 heterocycles. The second kappa shape index (κ2) is 7.71. The molecule has 2 atom stereocenters. The lowest BCUT2D eigenvalue weighted by Crippen LogP contribution is -2.46. The van der Waals surface area contributed by atoms with Gasteiger partial charge in [-0.2, -0.15) is 0 Å². The molecular weight excluding hydrogens is 358 g/mol. The fourth-order valence-corrected chi connectivity index (χ4v) is 5.21. The number of hydrogen-bond acceptors (Lipinski definition) is 4. The van der Waals surface area contributed by atoms with Gasteiger partial charge in [0, 0.05) is 9.58 Å². The summed E-state index contributed by atoms with van der Waals surface area (Å²) >= 11 is 1.75. The van der Waals surface area contributed by atoms with Crippen molar-refractivity contribution in [3.8, 4) is 5.75 Å². The summed E-state index contributed by atoms with van der Waals surface area (Å²) in [6.07, 6.45) is 2.68. The van der Waals surface area contributed by atoms with E-state index >= 15 is 0 Å². The predicted molar refractivity (Wildman–Crippen MR) is 109 cm³/mol. The van der Waals surface area contributed by atoms with E-state index in [4.69, 9.17) is 4.74 Å². The monoisotopic (exact) mass is 381 g/mol. The molecule has 3 aromatic rings. The Balaban J connectivity index is 1.84. The summed E-state index contributed by atoms with van der Waals surface area (Å²) in [5.41, 5.74) is 1.08. The second-order valence-corrected chi connectivity index (χ2v) is 8.07. The summed E-state index contributed by atoms with van der Waals surface area (Å²) in [6.45, 7) is 0.785. The first-order valence-electron chi connectivity index (χ1n) is 9.28. The van der Waals surface area contributed by atoms with E-state index in [0.717, 1.165) is 30.7 Å². The largest absolute Gasteiger partial charge is 0.497 e. The van der Waals surface area contributed by atoms with E-state index < -0.39 is 12.0 Å². The van der Waals surface area contributed by atoms with Crippen molar-refractivity contribution in [2.45, 2.75) is 31.3 Å². The number of carbonyl (C=O) groups is 1. The van der Waals surface area contributed by atoms with Crippen molar-refractivity contribution < 1.29 is 14.6 Å². The molecule has 0 radical (unpaired) electrons. The Morgan fingerprint density at radius 1 is 1.19 bits per heavy atom. The van der Waals surface area contributed by atoms with E-state index in [0.29, 0.717) is 6.42 Å². The molecule has 1 N–H and O–H groups in total. The van der Waals surface area contributed by atoms with E-state index in [9.17, 15) is 9.90 Å². The summed E-state index contributed by atoms with van der Waals surface area (Å²) in [7, 11) is 1.66. The van der Waals surface area contributed by atoms with Gasteiger partial charge in [0.05, 0.1) is 13.2 Å². The van der Waals surface area contributed by atoms with Crippen LogP contribution >= 0.6 is 11.3 Å². The molecule has 0 aliphatic carbocycles. The van der Waals surface area contributed by atoms with Crippen molar-refractivity contribution in [2.24, 2.45) is 0 Å². The highest BCUT2D eigenvalue weighted by Gasteiger charge is 2.36. The van der Waals surface area contributed by atoms with Crippen LogP contribution in [-0.2, 0) is 4.79 Å². The highest BCUT2D eigenvalue weighted by molar-refractivity contribution is 7.19. The van der Waals surface area contributed by atoms with Crippen molar-refractivity contribution in [3.05, 3.63) is 65.0 Å². The number of fused-ring (bicyclic) bond motifs is 1. The number of thiophene rings is 1. The zero-order chi connectivity index (χ0) is 18.8. The summed E-state index contributed by atoms with van der Waals surface area (Å²) in [5, 5.41) is 11.0. The minimum Gasteiger partial charge on any atom is -0.497 e. The van der Waals surface area contributed by atoms with E-state index in [2.05, 4.69) is 29.2 Å². The molecule has 140 valence electrons. The highest BCUT2D eigenvalue weighted by Crippen LogP contribution is 2.40. The average molecular weight is 381 g/mol. The molecule has 1 saturated heterocycles. The Hall–Kier alpha value is -2.37. The van der Waals surface area contributed by atoms with Crippen LogP contribution in [-0.4, -0.2) is 35.7 Å². The average Bonchev–Trinajstić information content (AvgIpc) is 3.12. The van der Waals surface area contributed by atoms with Gasteiger partial charge in [0.25, 0.3) is 0 Å². The van der Waals surface area contributed by atoms with Gasteiger partial charge in [-0.3, -0.25) is 9.69 Å². The molecule has 1 aliphatic heterocycles. The number of piperidine rings is 1. The van der Waals surface area contributed by atoms with Gasteiger partial charge in [0.2, 0.25) is 0 Å². The van der Waals surface area contributed by atoms with E-state index in [-0.39, 0.29) is 6.04 Å². The number of rotatable bonds is 5. The molecule has 0 bridgehead atoms. The quantitative estimate of drug-likeness (QED) is 0.680. The number of aliphatic carboxylic acids is 1. The molecule has 0 saturated carbocycles. The number of ether oxygens (including phenoxy) is 1. The van der Waals surface area contributed by atoms with Gasteiger partial charge in [-0.25, -0.2) is 0 Å². The number of nitrogens with zero attached hydrogens (tertiary/aromatic N) is 1. The van der Waals surface area contributed by atoms with Crippen LogP contribution in [0.4, 0.5) is 0 Å². The van der Waals surface area contributed by atoms with E-state index in [1.807, 2.05) is 30.3 Å². The Labute approximate surface area is 163 Å². The van der Waals surface area contributed by atoms with Gasteiger partial charge in [0.1, 0.15) is 11.8 Å². The van der Waals surface area contributed by atoms with Gasteiger partial charge in [0.15, 0.2) is 0 Å². The summed E-state index contributed by atoms with van der Waals surface area (Å²) in [6, 6.07) is 18.0. The number of likely N-dealkylation sites (tertiary alicyclic amines) is 1. The van der Waals surface area contributed by atoms with Crippen LogP contribution < -0.4 is 4.74 Å². The minimum absolute atomic E-state index is 0.0844. The topological polar surface area (TPSA) is 49.8 Å².